The second-order valence-corrected chi connectivity index (χ2v) is 9.28. The normalized spacial score (nSPS) is 18.9. The lowest BCUT2D eigenvalue weighted by molar-refractivity contribution is -0.117. The number of carbonyl (C=O) groups is 1. The number of hydrogen-bond donors (Lipinski definition) is 1. The monoisotopic (exact) mass is 453 g/mol. The van der Waals surface area contributed by atoms with Gasteiger partial charge in [0, 0.05) is 25.2 Å². The van der Waals surface area contributed by atoms with Gasteiger partial charge in [0.1, 0.15) is 11.6 Å². The van der Waals surface area contributed by atoms with Crippen molar-refractivity contribution in [2.75, 3.05) is 43.4 Å². The highest BCUT2D eigenvalue weighted by Crippen LogP contribution is 2.32. The first kappa shape index (κ1) is 25.7. The minimum atomic E-state index is 0. The van der Waals surface area contributed by atoms with Crippen LogP contribution in [0.15, 0.2) is 0 Å². The Bertz CT molecular complexity index is 715. The van der Waals surface area contributed by atoms with Crippen LogP contribution in [-0.4, -0.2) is 53.6 Å². The van der Waals surface area contributed by atoms with Gasteiger partial charge in [-0.25, -0.2) is 0 Å². The Labute approximate surface area is 193 Å². The standard InChI is InChI=1S/C23H39N5O2.ClH/c1-4-5-13-30-23-25-21(24)19-14-20(29)28(22(19)26-23)12-7-6-9-18-10-8-11-27(16-18)15-17(2)3;/h17-18H,4-16H2,1-3H3,(H2,24,25,26);1H. The molecule has 0 bridgehead atoms. The number of nitrogens with two attached hydrogens (primary N) is 1. The predicted molar refractivity (Wildman–Crippen MR) is 128 cm³/mol. The van der Waals surface area contributed by atoms with Gasteiger partial charge in [0.15, 0.2) is 0 Å². The maximum absolute atomic E-state index is 12.6. The molecule has 1 fully saturated rings. The van der Waals surface area contributed by atoms with Crippen LogP contribution < -0.4 is 15.4 Å². The molecule has 2 aliphatic heterocycles. The van der Waals surface area contributed by atoms with Gasteiger partial charge in [0.25, 0.3) is 0 Å². The summed E-state index contributed by atoms with van der Waals surface area (Å²) in [6.07, 6.45) is 8.29. The van der Waals surface area contributed by atoms with Crippen molar-refractivity contribution < 1.29 is 9.53 Å². The number of likely N-dealkylation sites (tertiary alicyclic amines) is 1. The Hall–Kier alpha value is -1.60. The van der Waals surface area contributed by atoms with Crippen molar-refractivity contribution in [3.05, 3.63) is 5.56 Å². The Balaban J connectivity index is 0.00000341. The molecule has 2 N–H and O–H groups in total. The zero-order valence-corrected chi connectivity index (χ0v) is 20.3. The third-order valence-corrected chi connectivity index (χ3v) is 6.08. The third-order valence-electron chi connectivity index (χ3n) is 6.08. The molecular weight excluding hydrogens is 414 g/mol. The van der Waals surface area contributed by atoms with E-state index in [0.717, 1.165) is 43.1 Å². The van der Waals surface area contributed by atoms with E-state index in [4.69, 9.17) is 10.5 Å². The first-order valence-corrected chi connectivity index (χ1v) is 11.8. The second kappa shape index (κ2) is 12.4. The van der Waals surface area contributed by atoms with Gasteiger partial charge in [-0.3, -0.25) is 9.69 Å². The fourth-order valence-electron chi connectivity index (χ4n) is 4.60. The van der Waals surface area contributed by atoms with Crippen LogP contribution in [-0.2, 0) is 11.2 Å². The lowest BCUT2D eigenvalue weighted by atomic mass is 9.92. The van der Waals surface area contributed by atoms with Crippen LogP contribution in [0.2, 0.25) is 0 Å². The van der Waals surface area contributed by atoms with Crippen molar-refractivity contribution in [1.82, 2.24) is 14.9 Å². The average Bonchev–Trinajstić information content (AvgIpc) is 3.01. The molecule has 0 aromatic carbocycles. The Morgan fingerprint density at radius 1 is 1.23 bits per heavy atom. The maximum Gasteiger partial charge on any atom is 0.320 e. The Kier molecular flexibility index (Phi) is 10.3. The summed E-state index contributed by atoms with van der Waals surface area (Å²) in [6.45, 7) is 11.6. The number of anilines is 2. The van der Waals surface area contributed by atoms with E-state index in [-0.39, 0.29) is 24.3 Å². The molecule has 2 aliphatic rings. The summed E-state index contributed by atoms with van der Waals surface area (Å²) in [6, 6.07) is 0.284. The maximum atomic E-state index is 12.6. The van der Waals surface area contributed by atoms with Crippen molar-refractivity contribution in [1.29, 1.82) is 0 Å². The molecule has 1 aromatic rings. The van der Waals surface area contributed by atoms with E-state index in [9.17, 15) is 4.79 Å². The lowest BCUT2D eigenvalue weighted by Gasteiger charge is -2.33. The number of halogens is 1. The quantitative estimate of drug-likeness (QED) is 0.508. The molecule has 1 amide bonds. The Morgan fingerprint density at radius 3 is 2.77 bits per heavy atom. The van der Waals surface area contributed by atoms with Crippen LogP contribution in [0.4, 0.5) is 11.6 Å². The van der Waals surface area contributed by atoms with Crippen LogP contribution in [0.25, 0.3) is 0 Å². The number of ether oxygens (including phenoxy) is 1. The van der Waals surface area contributed by atoms with E-state index in [1.54, 1.807) is 4.90 Å². The zero-order valence-electron chi connectivity index (χ0n) is 19.4. The van der Waals surface area contributed by atoms with Gasteiger partial charge in [-0.05, 0) is 50.5 Å². The van der Waals surface area contributed by atoms with Gasteiger partial charge < -0.3 is 15.4 Å². The first-order chi connectivity index (χ1) is 14.5. The largest absolute Gasteiger partial charge is 0.463 e. The Morgan fingerprint density at radius 2 is 2.03 bits per heavy atom. The topological polar surface area (TPSA) is 84.6 Å². The lowest BCUT2D eigenvalue weighted by Crippen LogP contribution is -2.37. The fraction of sp³-hybridized carbons (Fsp3) is 0.783. The van der Waals surface area contributed by atoms with Gasteiger partial charge in [-0.15, -0.1) is 12.4 Å². The van der Waals surface area contributed by atoms with Gasteiger partial charge in [-0.2, -0.15) is 9.97 Å². The minimum Gasteiger partial charge on any atom is -0.463 e. The number of carbonyl (C=O) groups excluding carboxylic acids is 1. The third kappa shape index (κ3) is 7.21. The molecule has 3 heterocycles. The summed E-state index contributed by atoms with van der Waals surface area (Å²) in [5.74, 6) is 2.61. The molecular formula is C23H40ClN5O2. The van der Waals surface area contributed by atoms with Crippen LogP contribution >= 0.6 is 12.4 Å². The fourth-order valence-corrected chi connectivity index (χ4v) is 4.60. The molecule has 8 heteroatoms. The average molecular weight is 454 g/mol. The molecule has 7 nitrogen and oxygen atoms in total. The van der Waals surface area contributed by atoms with Crippen molar-refractivity contribution in [3.8, 4) is 6.01 Å². The molecule has 31 heavy (non-hydrogen) atoms. The number of nitrogen functional groups attached to an aromatic ring is 1. The molecule has 0 radical (unpaired) electrons. The van der Waals surface area contributed by atoms with E-state index in [0.29, 0.717) is 31.2 Å². The van der Waals surface area contributed by atoms with Gasteiger partial charge in [-0.1, -0.05) is 33.6 Å². The number of rotatable bonds is 11. The van der Waals surface area contributed by atoms with Gasteiger partial charge in [0.2, 0.25) is 5.91 Å². The van der Waals surface area contributed by atoms with Crippen molar-refractivity contribution in [3.63, 3.8) is 0 Å². The van der Waals surface area contributed by atoms with E-state index in [1.165, 1.54) is 38.9 Å². The molecule has 1 unspecified atom stereocenters. The molecule has 1 saturated heterocycles. The number of aromatic nitrogens is 2. The summed E-state index contributed by atoms with van der Waals surface area (Å²) < 4.78 is 5.63. The molecule has 3 rings (SSSR count). The number of hydrogen-bond acceptors (Lipinski definition) is 6. The van der Waals surface area contributed by atoms with E-state index < -0.39 is 0 Å². The summed E-state index contributed by atoms with van der Waals surface area (Å²) in [5, 5.41) is 0. The van der Waals surface area contributed by atoms with Gasteiger partial charge in [0.05, 0.1) is 13.0 Å². The van der Waals surface area contributed by atoms with Crippen LogP contribution in [0.5, 0.6) is 6.01 Å². The summed E-state index contributed by atoms with van der Waals surface area (Å²) >= 11 is 0. The summed E-state index contributed by atoms with van der Waals surface area (Å²) in [5.41, 5.74) is 6.84. The van der Waals surface area contributed by atoms with E-state index in [1.807, 2.05) is 0 Å². The highest BCUT2D eigenvalue weighted by Gasteiger charge is 2.32. The highest BCUT2D eigenvalue weighted by molar-refractivity contribution is 6.01. The number of fused-ring (bicyclic) bond motifs is 1. The molecule has 176 valence electrons. The van der Waals surface area contributed by atoms with E-state index >= 15 is 0 Å². The second-order valence-electron chi connectivity index (χ2n) is 9.28. The number of unbranched alkanes of at least 4 members (excludes halogenated alkanes) is 2. The van der Waals surface area contributed by atoms with Crippen LogP contribution in [0.1, 0.15) is 71.3 Å². The zero-order chi connectivity index (χ0) is 21.5. The highest BCUT2D eigenvalue weighted by atomic mass is 35.5. The van der Waals surface area contributed by atoms with Crippen molar-refractivity contribution >= 4 is 29.9 Å². The van der Waals surface area contributed by atoms with Crippen LogP contribution in [0.3, 0.4) is 0 Å². The van der Waals surface area contributed by atoms with Gasteiger partial charge >= 0.3 is 6.01 Å². The van der Waals surface area contributed by atoms with Crippen molar-refractivity contribution in [2.24, 2.45) is 11.8 Å². The molecule has 1 aromatic heterocycles. The summed E-state index contributed by atoms with van der Waals surface area (Å²) in [7, 11) is 0. The van der Waals surface area contributed by atoms with Crippen molar-refractivity contribution in [2.45, 2.75) is 72.1 Å². The smallest absolute Gasteiger partial charge is 0.320 e. The van der Waals surface area contributed by atoms with Crippen LogP contribution in [0, 0.1) is 11.8 Å². The minimum absolute atomic E-state index is 0. The molecule has 0 aliphatic carbocycles. The molecule has 1 atom stereocenters. The molecule has 0 spiro atoms. The molecule has 0 saturated carbocycles. The van der Waals surface area contributed by atoms with E-state index in [2.05, 4.69) is 35.6 Å². The number of amides is 1. The number of piperidine rings is 1. The first-order valence-electron chi connectivity index (χ1n) is 11.8. The SMILES string of the molecule is CCCCOc1nc(N)c2c(n1)N(CCCCC1CCCN(CC(C)C)C1)C(=O)C2.Cl. The predicted octanol–water partition coefficient (Wildman–Crippen LogP) is 4.09. The summed E-state index contributed by atoms with van der Waals surface area (Å²) in [4.78, 5) is 25.7. The number of nitrogens with zero attached hydrogens (tertiary/aromatic N) is 4.